The fourth-order valence-corrected chi connectivity index (χ4v) is 1.61. The van der Waals surface area contributed by atoms with Crippen molar-refractivity contribution in [2.24, 2.45) is 0 Å². The molecule has 0 saturated carbocycles. The van der Waals surface area contributed by atoms with Gasteiger partial charge in [-0.3, -0.25) is 9.59 Å². The van der Waals surface area contributed by atoms with E-state index in [1.807, 2.05) is 0 Å². The van der Waals surface area contributed by atoms with Crippen molar-refractivity contribution in [3.8, 4) is 0 Å². The minimum atomic E-state index is -0.312. The van der Waals surface area contributed by atoms with Crippen LogP contribution in [0.2, 0.25) is 0 Å². The maximum Gasteiger partial charge on any atom is 0.308 e. The first-order valence-electron chi connectivity index (χ1n) is 8.84. The Labute approximate surface area is 155 Å². The monoisotopic (exact) mass is 380 g/mol. The standard InChI is InChI=1S/C17H32O9/c1-3-25-17(19)4-5-20-6-7-21-8-9-22-10-11-23-12-13-24-14-15-26-16(2)18/h3-15H2,1-2H3. The lowest BCUT2D eigenvalue weighted by atomic mass is 10.5. The molecular weight excluding hydrogens is 348 g/mol. The van der Waals surface area contributed by atoms with Gasteiger partial charge in [0.05, 0.1) is 79.1 Å². The molecule has 0 heterocycles. The molecule has 0 fully saturated rings. The van der Waals surface area contributed by atoms with Crippen LogP contribution in [0.5, 0.6) is 0 Å². The van der Waals surface area contributed by atoms with Crippen molar-refractivity contribution in [1.82, 2.24) is 0 Å². The largest absolute Gasteiger partial charge is 0.466 e. The Balaban J connectivity index is 3.05. The van der Waals surface area contributed by atoms with Crippen LogP contribution in [0.3, 0.4) is 0 Å². The zero-order chi connectivity index (χ0) is 19.3. The molecule has 0 bridgehead atoms. The van der Waals surface area contributed by atoms with Crippen molar-refractivity contribution in [2.75, 3.05) is 79.3 Å². The van der Waals surface area contributed by atoms with E-state index in [-0.39, 0.29) is 25.0 Å². The lowest BCUT2D eigenvalue weighted by Crippen LogP contribution is -2.14. The summed E-state index contributed by atoms with van der Waals surface area (Å²) < 4.78 is 35.9. The molecule has 0 rings (SSSR count). The molecule has 0 N–H and O–H groups in total. The zero-order valence-corrected chi connectivity index (χ0v) is 15.9. The van der Waals surface area contributed by atoms with E-state index in [0.29, 0.717) is 72.7 Å². The number of hydrogen-bond donors (Lipinski definition) is 0. The molecule has 0 amide bonds. The van der Waals surface area contributed by atoms with Crippen LogP contribution >= 0.6 is 0 Å². The van der Waals surface area contributed by atoms with Gasteiger partial charge in [0, 0.05) is 6.92 Å². The third kappa shape index (κ3) is 20.8. The molecule has 0 aromatic heterocycles. The third-order valence-corrected chi connectivity index (χ3v) is 2.78. The molecule has 0 aliphatic heterocycles. The van der Waals surface area contributed by atoms with E-state index in [2.05, 4.69) is 0 Å². The summed E-state index contributed by atoms with van der Waals surface area (Å²) in [5, 5.41) is 0. The summed E-state index contributed by atoms with van der Waals surface area (Å²) in [6.07, 6.45) is 0.258. The van der Waals surface area contributed by atoms with Crippen LogP contribution in [0.15, 0.2) is 0 Å². The summed E-state index contributed by atoms with van der Waals surface area (Å²) >= 11 is 0. The van der Waals surface area contributed by atoms with Gasteiger partial charge < -0.3 is 33.2 Å². The Morgan fingerprint density at radius 1 is 0.577 bits per heavy atom. The van der Waals surface area contributed by atoms with Crippen molar-refractivity contribution in [2.45, 2.75) is 20.3 Å². The lowest BCUT2D eigenvalue weighted by Gasteiger charge is -2.08. The Kier molecular flexibility index (Phi) is 19.1. The molecule has 0 aliphatic carbocycles. The van der Waals surface area contributed by atoms with Gasteiger partial charge >= 0.3 is 11.9 Å². The van der Waals surface area contributed by atoms with Crippen LogP contribution in [-0.2, 0) is 42.7 Å². The fraction of sp³-hybridized carbons (Fsp3) is 0.882. The topological polar surface area (TPSA) is 98.8 Å². The van der Waals surface area contributed by atoms with E-state index in [0.717, 1.165) is 0 Å². The summed E-state index contributed by atoms with van der Waals surface area (Å²) in [6.45, 7) is 8.17. The summed E-state index contributed by atoms with van der Waals surface area (Å²) in [6, 6.07) is 0. The van der Waals surface area contributed by atoms with Gasteiger partial charge in [-0.15, -0.1) is 0 Å². The van der Waals surface area contributed by atoms with Crippen LogP contribution < -0.4 is 0 Å². The summed E-state index contributed by atoms with van der Waals surface area (Å²) in [7, 11) is 0. The quantitative estimate of drug-likeness (QED) is 0.235. The fourth-order valence-electron chi connectivity index (χ4n) is 1.61. The molecule has 0 atom stereocenters. The molecule has 0 unspecified atom stereocenters. The number of rotatable bonds is 19. The van der Waals surface area contributed by atoms with Gasteiger partial charge in [-0.25, -0.2) is 0 Å². The molecule has 0 radical (unpaired) electrons. The number of carbonyl (C=O) groups excluding carboxylic acids is 2. The molecule has 154 valence electrons. The number of esters is 2. The van der Waals surface area contributed by atoms with Gasteiger partial charge in [0.25, 0.3) is 0 Å². The van der Waals surface area contributed by atoms with E-state index in [4.69, 9.17) is 33.2 Å². The first-order valence-corrected chi connectivity index (χ1v) is 8.84. The van der Waals surface area contributed by atoms with Crippen molar-refractivity contribution >= 4 is 11.9 Å². The number of carbonyl (C=O) groups is 2. The highest BCUT2D eigenvalue weighted by atomic mass is 16.6. The van der Waals surface area contributed by atoms with Crippen molar-refractivity contribution in [3.63, 3.8) is 0 Å². The molecule has 9 heteroatoms. The SMILES string of the molecule is CCOC(=O)CCOCCOCCOCCOCCOCCOC(C)=O. The zero-order valence-electron chi connectivity index (χ0n) is 15.9. The summed E-state index contributed by atoms with van der Waals surface area (Å²) in [4.78, 5) is 21.5. The Morgan fingerprint density at radius 3 is 1.35 bits per heavy atom. The lowest BCUT2D eigenvalue weighted by molar-refractivity contribution is -0.144. The van der Waals surface area contributed by atoms with Gasteiger partial charge in [-0.2, -0.15) is 0 Å². The van der Waals surface area contributed by atoms with E-state index in [1.165, 1.54) is 6.92 Å². The highest BCUT2D eigenvalue weighted by Crippen LogP contribution is 1.89. The minimum absolute atomic E-state index is 0.252. The van der Waals surface area contributed by atoms with Crippen LogP contribution in [0.25, 0.3) is 0 Å². The Morgan fingerprint density at radius 2 is 0.962 bits per heavy atom. The van der Waals surface area contributed by atoms with Gasteiger partial charge in [0.2, 0.25) is 0 Å². The highest BCUT2D eigenvalue weighted by molar-refractivity contribution is 5.69. The van der Waals surface area contributed by atoms with Crippen LogP contribution in [-0.4, -0.2) is 91.2 Å². The second-order valence-electron chi connectivity index (χ2n) is 4.96. The number of ether oxygens (including phenoxy) is 7. The number of hydrogen-bond acceptors (Lipinski definition) is 9. The molecule has 0 aromatic rings. The third-order valence-electron chi connectivity index (χ3n) is 2.78. The molecule has 9 nitrogen and oxygen atoms in total. The Bertz CT molecular complexity index is 336. The van der Waals surface area contributed by atoms with Gasteiger partial charge in [-0.1, -0.05) is 0 Å². The van der Waals surface area contributed by atoms with Gasteiger partial charge in [-0.05, 0) is 6.92 Å². The summed E-state index contributed by atoms with van der Waals surface area (Å²) in [5.74, 6) is -0.565. The predicted octanol–water partition coefficient (Wildman–Crippen LogP) is 0.586. The maximum absolute atomic E-state index is 11.0. The van der Waals surface area contributed by atoms with E-state index in [9.17, 15) is 9.59 Å². The maximum atomic E-state index is 11.0. The average molecular weight is 380 g/mol. The Hall–Kier alpha value is -1.26. The normalized spacial score (nSPS) is 10.7. The smallest absolute Gasteiger partial charge is 0.308 e. The first kappa shape index (κ1) is 24.7. The molecular formula is C17H32O9. The van der Waals surface area contributed by atoms with E-state index >= 15 is 0 Å². The van der Waals surface area contributed by atoms with E-state index in [1.54, 1.807) is 6.92 Å². The predicted molar refractivity (Wildman–Crippen MR) is 92.0 cm³/mol. The molecule has 0 aromatic carbocycles. The molecule has 0 spiro atoms. The highest BCUT2D eigenvalue weighted by Gasteiger charge is 2.00. The van der Waals surface area contributed by atoms with Gasteiger partial charge in [0.15, 0.2) is 0 Å². The average Bonchev–Trinajstić information content (AvgIpc) is 2.60. The second kappa shape index (κ2) is 20.1. The minimum Gasteiger partial charge on any atom is -0.466 e. The van der Waals surface area contributed by atoms with Crippen LogP contribution in [0, 0.1) is 0 Å². The van der Waals surface area contributed by atoms with Crippen molar-refractivity contribution in [1.29, 1.82) is 0 Å². The van der Waals surface area contributed by atoms with Crippen molar-refractivity contribution in [3.05, 3.63) is 0 Å². The molecule has 26 heavy (non-hydrogen) atoms. The van der Waals surface area contributed by atoms with E-state index < -0.39 is 0 Å². The van der Waals surface area contributed by atoms with Gasteiger partial charge in [0.1, 0.15) is 6.61 Å². The molecule has 0 saturated heterocycles. The second-order valence-corrected chi connectivity index (χ2v) is 4.96. The summed E-state index contributed by atoms with van der Waals surface area (Å²) in [5.41, 5.74) is 0. The molecule has 0 aliphatic rings. The first-order chi connectivity index (χ1) is 12.7. The van der Waals surface area contributed by atoms with Crippen LogP contribution in [0.4, 0.5) is 0 Å². The van der Waals surface area contributed by atoms with Crippen LogP contribution in [0.1, 0.15) is 20.3 Å². The van der Waals surface area contributed by atoms with Crippen molar-refractivity contribution < 1.29 is 42.7 Å².